The van der Waals surface area contributed by atoms with Crippen LogP contribution >= 0.6 is 11.6 Å². The van der Waals surface area contributed by atoms with Crippen molar-refractivity contribution in [2.24, 2.45) is 0 Å². The van der Waals surface area contributed by atoms with Gasteiger partial charge >= 0.3 is 0 Å². The number of benzene rings is 1. The van der Waals surface area contributed by atoms with Crippen molar-refractivity contribution in [2.45, 2.75) is 12.5 Å². The van der Waals surface area contributed by atoms with Gasteiger partial charge in [-0.3, -0.25) is 0 Å². The first-order valence-corrected chi connectivity index (χ1v) is 5.05. The van der Waals surface area contributed by atoms with Crippen molar-refractivity contribution in [2.75, 3.05) is 20.8 Å². The molecule has 0 aliphatic rings. The van der Waals surface area contributed by atoms with E-state index in [4.69, 9.17) is 16.3 Å². The average molecular weight is 214 g/mol. The summed E-state index contributed by atoms with van der Waals surface area (Å²) in [4.78, 5) is 0. The number of hydrogen-bond donors (Lipinski definition) is 1. The Morgan fingerprint density at radius 2 is 2.14 bits per heavy atom. The maximum Gasteiger partial charge on any atom is 0.0618 e. The molecular formula is C11H16ClNO. The molecule has 0 spiro atoms. The van der Waals surface area contributed by atoms with Crippen molar-refractivity contribution >= 4 is 11.6 Å². The van der Waals surface area contributed by atoms with Gasteiger partial charge in [0.05, 0.1) is 6.61 Å². The molecule has 1 aromatic rings. The highest BCUT2D eigenvalue weighted by molar-refractivity contribution is 6.31. The lowest BCUT2D eigenvalue weighted by Crippen LogP contribution is -2.32. The van der Waals surface area contributed by atoms with Gasteiger partial charge in [-0.05, 0) is 25.1 Å². The molecule has 1 rings (SSSR count). The maximum atomic E-state index is 6.06. The van der Waals surface area contributed by atoms with Crippen LogP contribution in [0.4, 0.5) is 0 Å². The van der Waals surface area contributed by atoms with E-state index < -0.39 is 0 Å². The quantitative estimate of drug-likeness (QED) is 0.809. The molecule has 0 saturated carbocycles. The molecule has 0 radical (unpaired) electrons. The molecule has 0 saturated heterocycles. The zero-order chi connectivity index (χ0) is 10.4. The molecule has 1 aromatic carbocycles. The van der Waals surface area contributed by atoms with E-state index in [0.29, 0.717) is 12.6 Å². The predicted octanol–water partition coefficient (Wildman–Crippen LogP) is 2.12. The lowest BCUT2D eigenvalue weighted by atomic mass is 10.1. The fourth-order valence-electron chi connectivity index (χ4n) is 1.37. The van der Waals surface area contributed by atoms with Crippen LogP contribution < -0.4 is 5.32 Å². The Balaban J connectivity index is 2.62. The highest BCUT2D eigenvalue weighted by Gasteiger charge is 2.08. The van der Waals surface area contributed by atoms with Gasteiger partial charge in [0, 0.05) is 18.2 Å². The van der Waals surface area contributed by atoms with E-state index in [1.807, 2.05) is 31.3 Å². The van der Waals surface area contributed by atoms with Crippen LogP contribution in [0.5, 0.6) is 0 Å². The highest BCUT2D eigenvalue weighted by Crippen LogP contribution is 2.16. The molecule has 0 amide bonds. The first-order chi connectivity index (χ1) is 6.77. The van der Waals surface area contributed by atoms with Crippen molar-refractivity contribution in [1.29, 1.82) is 0 Å². The largest absolute Gasteiger partial charge is 0.383 e. The number of halogens is 1. The molecule has 0 heterocycles. The summed E-state index contributed by atoms with van der Waals surface area (Å²) in [6.07, 6.45) is 0.893. The second-order valence-electron chi connectivity index (χ2n) is 3.24. The summed E-state index contributed by atoms with van der Waals surface area (Å²) in [5.74, 6) is 0. The van der Waals surface area contributed by atoms with E-state index in [9.17, 15) is 0 Å². The Morgan fingerprint density at radius 1 is 1.43 bits per heavy atom. The van der Waals surface area contributed by atoms with Crippen LogP contribution in [0.15, 0.2) is 24.3 Å². The van der Waals surface area contributed by atoms with Crippen molar-refractivity contribution < 1.29 is 4.74 Å². The average Bonchev–Trinajstić information content (AvgIpc) is 2.20. The summed E-state index contributed by atoms with van der Waals surface area (Å²) in [7, 11) is 3.64. The SMILES string of the molecule is CNC(COC)Cc1ccccc1Cl. The van der Waals surface area contributed by atoms with E-state index >= 15 is 0 Å². The molecule has 1 N–H and O–H groups in total. The molecule has 78 valence electrons. The second-order valence-corrected chi connectivity index (χ2v) is 3.64. The second kappa shape index (κ2) is 6.02. The third kappa shape index (κ3) is 3.29. The fourth-order valence-corrected chi connectivity index (χ4v) is 1.59. The summed E-state index contributed by atoms with van der Waals surface area (Å²) >= 11 is 6.06. The first kappa shape index (κ1) is 11.5. The standard InChI is InChI=1S/C11H16ClNO/c1-13-10(8-14-2)7-9-5-3-4-6-11(9)12/h3-6,10,13H,7-8H2,1-2H3. The zero-order valence-corrected chi connectivity index (χ0v) is 9.34. The van der Waals surface area contributed by atoms with Gasteiger partial charge in [-0.15, -0.1) is 0 Å². The van der Waals surface area contributed by atoms with Gasteiger partial charge in [0.25, 0.3) is 0 Å². The van der Waals surface area contributed by atoms with Crippen LogP contribution in [-0.2, 0) is 11.2 Å². The van der Waals surface area contributed by atoms with Gasteiger partial charge in [-0.1, -0.05) is 29.8 Å². The van der Waals surface area contributed by atoms with Crippen molar-refractivity contribution in [1.82, 2.24) is 5.32 Å². The van der Waals surface area contributed by atoms with Crippen LogP contribution in [0.25, 0.3) is 0 Å². The molecule has 1 unspecified atom stereocenters. The minimum atomic E-state index is 0.319. The van der Waals surface area contributed by atoms with E-state index in [2.05, 4.69) is 5.32 Å². The summed E-state index contributed by atoms with van der Waals surface area (Å²) in [6.45, 7) is 0.696. The number of ether oxygens (including phenoxy) is 1. The molecule has 0 aromatic heterocycles. The van der Waals surface area contributed by atoms with Crippen molar-refractivity contribution in [3.8, 4) is 0 Å². The molecule has 14 heavy (non-hydrogen) atoms. The van der Waals surface area contributed by atoms with Gasteiger partial charge < -0.3 is 10.1 Å². The minimum Gasteiger partial charge on any atom is -0.383 e. The third-order valence-electron chi connectivity index (χ3n) is 2.20. The number of rotatable bonds is 5. The molecular weight excluding hydrogens is 198 g/mol. The van der Waals surface area contributed by atoms with Crippen molar-refractivity contribution in [3.05, 3.63) is 34.9 Å². The van der Waals surface area contributed by atoms with Crippen LogP contribution in [0, 0.1) is 0 Å². The van der Waals surface area contributed by atoms with Crippen molar-refractivity contribution in [3.63, 3.8) is 0 Å². The normalized spacial score (nSPS) is 12.8. The number of methoxy groups -OCH3 is 1. The fraction of sp³-hybridized carbons (Fsp3) is 0.455. The zero-order valence-electron chi connectivity index (χ0n) is 8.59. The summed E-state index contributed by atoms with van der Waals surface area (Å²) in [5.41, 5.74) is 1.16. The molecule has 0 fully saturated rings. The summed E-state index contributed by atoms with van der Waals surface area (Å²) in [5, 5.41) is 4.02. The number of nitrogens with one attached hydrogen (secondary N) is 1. The van der Waals surface area contributed by atoms with E-state index in [1.54, 1.807) is 7.11 Å². The molecule has 2 nitrogen and oxygen atoms in total. The highest BCUT2D eigenvalue weighted by atomic mass is 35.5. The smallest absolute Gasteiger partial charge is 0.0618 e. The topological polar surface area (TPSA) is 21.3 Å². The minimum absolute atomic E-state index is 0.319. The number of hydrogen-bond acceptors (Lipinski definition) is 2. The molecule has 0 aliphatic carbocycles. The number of likely N-dealkylation sites (N-methyl/N-ethyl adjacent to an activating group) is 1. The molecule has 0 bridgehead atoms. The molecule has 0 aliphatic heterocycles. The van der Waals surface area contributed by atoms with Crippen LogP contribution in [-0.4, -0.2) is 26.8 Å². The Labute approximate surface area is 90.2 Å². The molecule has 3 heteroatoms. The van der Waals surface area contributed by atoms with Gasteiger partial charge in [0.2, 0.25) is 0 Å². The summed E-state index contributed by atoms with van der Waals surface area (Å²) in [6, 6.07) is 8.22. The maximum absolute atomic E-state index is 6.06. The summed E-state index contributed by atoms with van der Waals surface area (Å²) < 4.78 is 5.10. The lowest BCUT2D eigenvalue weighted by Gasteiger charge is -2.15. The van der Waals surface area contributed by atoms with E-state index in [-0.39, 0.29) is 0 Å². The monoisotopic (exact) mass is 213 g/mol. The van der Waals surface area contributed by atoms with Gasteiger partial charge in [-0.2, -0.15) is 0 Å². The molecule has 1 atom stereocenters. The van der Waals surface area contributed by atoms with Gasteiger partial charge in [0.15, 0.2) is 0 Å². The van der Waals surface area contributed by atoms with Crippen LogP contribution in [0.1, 0.15) is 5.56 Å². The van der Waals surface area contributed by atoms with Crippen LogP contribution in [0.3, 0.4) is 0 Å². The van der Waals surface area contributed by atoms with Gasteiger partial charge in [-0.25, -0.2) is 0 Å². The van der Waals surface area contributed by atoms with E-state index in [0.717, 1.165) is 17.0 Å². The van der Waals surface area contributed by atoms with E-state index in [1.165, 1.54) is 0 Å². The first-order valence-electron chi connectivity index (χ1n) is 4.67. The van der Waals surface area contributed by atoms with Crippen LogP contribution in [0.2, 0.25) is 5.02 Å². The Morgan fingerprint density at radius 3 is 2.71 bits per heavy atom. The third-order valence-corrected chi connectivity index (χ3v) is 2.57. The Kier molecular flexibility index (Phi) is 4.94. The Bertz CT molecular complexity index is 278. The van der Waals surface area contributed by atoms with Gasteiger partial charge in [0.1, 0.15) is 0 Å². The predicted molar refractivity (Wildman–Crippen MR) is 59.9 cm³/mol. The Hall–Kier alpha value is -0.570. The lowest BCUT2D eigenvalue weighted by molar-refractivity contribution is 0.169.